The highest BCUT2D eigenvalue weighted by Crippen LogP contribution is 2.35. The first kappa shape index (κ1) is 24.6. The Labute approximate surface area is 215 Å². The molecular weight excluding hydrogens is 492 g/mol. The maximum atomic E-state index is 13.0. The Morgan fingerprint density at radius 3 is 2.13 bits per heavy atom. The highest BCUT2D eigenvalue weighted by Gasteiger charge is 2.20. The van der Waals surface area contributed by atoms with Gasteiger partial charge in [0.2, 0.25) is 5.91 Å². The van der Waals surface area contributed by atoms with Gasteiger partial charge in [0.05, 0.1) is 20.5 Å². The molecule has 3 heterocycles. The van der Waals surface area contributed by atoms with Crippen molar-refractivity contribution < 1.29 is 18.7 Å². The Morgan fingerprint density at radius 1 is 0.921 bits per heavy atom. The summed E-state index contributed by atoms with van der Waals surface area (Å²) in [7, 11) is 6.05. The van der Waals surface area contributed by atoms with Crippen molar-refractivity contribution in [3.05, 3.63) is 75.7 Å². The van der Waals surface area contributed by atoms with Crippen molar-refractivity contribution in [1.29, 1.82) is 0 Å². The molecule has 0 bridgehead atoms. The van der Waals surface area contributed by atoms with E-state index in [2.05, 4.69) is 15.3 Å². The van der Waals surface area contributed by atoms with E-state index in [-0.39, 0.29) is 23.7 Å². The van der Waals surface area contributed by atoms with Gasteiger partial charge in [0, 0.05) is 25.2 Å². The number of ether oxygens (including phenoxy) is 2. The van der Waals surface area contributed by atoms with Crippen LogP contribution in [-0.2, 0) is 25.4 Å². The zero-order valence-electron chi connectivity index (χ0n) is 21.1. The van der Waals surface area contributed by atoms with Crippen LogP contribution in [0.5, 0.6) is 11.5 Å². The summed E-state index contributed by atoms with van der Waals surface area (Å²) in [5.41, 5.74) is 1.27. The number of nitrogens with one attached hydrogen (secondary N) is 1. The molecule has 3 aromatic heterocycles. The molecule has 0 atom stereocenters. The zero-order valence-corrected chi connectivity index (χ0v) is 21.1. The fraction of sp³-hybridized carbons (Fsp3) is 0.192. The SMILES string of the molecule is COc1ccc(-c2nc(NC(=O)Cn3cnc4c3c(=O)n(C)c(=O)n4C)oc2-c2ccc(OC)cc2)cc1. The molecule has 1 N–H and O–H groups in total. The van der Waals surface area contributed by atoms with Crippen LogP contribution in [0.15, 0.2) is 68.9 Å². The smallest absolute Gasteiger partial charge is 0.332 e. The maximum absolute atomic E-state index is 13.0. The molecule has 0 spiro atoms. The molecule has 5 aromatic rings. The normalized spacial score (nSPS) is 11.1. The monoisotopic (exact) mass is 516 g/mol. The van der Waals surface area contributed by atoms with Crippen molar-refractivity contribution in [2.45, 2.75) is 6.54 Å². The van der Waals surface area contributed by atoms with Crippen LogP contribution < -0.4 is 26.0 Å². The van der Waals surface area contributed by atoms with Crippen LogP contribution in [0.1, 0.15) is 0 Å². The number of carbonyl (C=O) groups excluding carboxylic acids is 1. The molecule has 0 aliphatic heterocycles. The van der Waals surface area contributed by atoms with Crippen LogP contribution >= 0.6 is 0 Å². The number of methoxy groups -OCH3 is 2. The molecule has 38 heavy (non-hydrogen) atoms. The van der Waals surface area contributed by atoms with E-state index >= 15 is 0 Å². The summed E-state index contributed by atoms with van der Waals surface area (Å²) >= 11 is 0. The lowest BCUT2D eigenvalue weighted by atomic mass is 10.1. The topological polar surface area (TPSA) is 135 Å². The van der Waals surface area contributed by atoms with E-state index in [0.29, 0.717) is 23.0 Å². The minimum atomic E-state index is -0.548. The molecule has 12 heteroatoms. The first-order chi connectivity index (χ1) is 18.3. The summed E-state index contributed by atoms with van der Waals surface area (Å²) in [5.74, 6) is 1.33. The standard InChI is InChI=1S/C26H24N6O6/c1-30-23-21(24(34)31(2)26(30)35)32(14-27-23)13-19(33)28-25-29-20(15-5-9-17(36-3)10-6-15)22(38-25)16-7-11-18(37-4)12-8-16/h5-12,14H,13H2,1-4H3,(H,28,29,33). The van der Waals surface area contributed by atoms with Crippen molar-refractivity contribution in [3.8, 4) is 34.1 Å². The van der Waals surface area contributed by atoms with Crippen LogP contribution in [0.25, 0.3) is 33.7 Å². The van der Waals surface area contributed by atoms with Crippen LogP contribution in [0.4, 0.5) is 6.01 Å². The number of nitrogens with zero attached hydrogens (tertiary/aromatic N) is 5. The predicted molar refractivity (Wildman–Crippen MR) is 139 cm³/mol. The van der Waals surface area contributed by atoms with Gasteiger partial charge in [0.1, 0.15) is 23.7 Å². The van der Waals surface area contributed by atoms with Gasteiger partial charge in [-0.05, 0) is 48.5 Å². The molecular formula is C26H24N6O6. The quantitative estimate of drug-likeness (QED) is 0.348. The summed E-state index contributed by atoms with van der Waals surface area (Å²) < 4.78 is 20.1. The minimum absolute atomic E-state index is 0.0173. The van der Waals surface area contributed by atoms with Gasteiger partial charge in [-0.2, -0.15) is 4.98 Å². The van der Waals surface area contributed by atoms with Gasteiger partial charge < -0.3 is 18.5 Å². The molecule has 12 nitrogen and oxygen atoms in total. The Bertz CT molecular complexity index is 1690. The number of amides is 1. The van der Waals surface area contributed by atoms with Crippen molar-refractivity contribution in [3.63, 3.8) is 0 Å². The summed E-state index contributed by atoms with van der Waals surface area (Å²) in [6.45, 7) is -0.248. The van der Waals surface area contributed by atoms with Gasteiger partial charge in [0.25, 0.3) is 5.56 Å². The lowest BCUT2D eigenvalue weighted by molar-refractivity contribution is -0.116. The number of imidazole rings is 1. The van der Waals surface area contributed by atoms with Crippen molar-refractivity contribution >= 4 is 23.1 Å². The second-order valence-electron chi connectivity index (χ2n) is 8.45. The van der Waals surface area contributed by atoms with Gasteiger partial charge in [-0.25, -0.2) is 9.78 Å². The Balaban J connectivity index is 1.48. The zero-order chi connectivity index (χ0) is 27.0. The number of rotatable bonds is 7. The van der Waals surface area contributed by atoms with E-state index in [4.69, 9.17) is 13.9 Å². The van der Waals surface area contributed by atoms with Gasteiger partial charge >= 0.3 is 11.7 Å². The number of fused-ring (bicyclic) bond motifs is 1. The number of hydrogen-bond donors (Lipinski definition) is 1. The number of aryl methyl sites for hydroxylation is 1. The summed E-state index contributed by atoms with van der Waals surface area (Å²) in [5, 5.41) is 2.66. The molecule has 2 aromatic carbocycles. The number of oxazole rings is 1. The lowest BCUT2D eigenvalue weighted by Crippen LogP contribution is -2.37. The third-order valence-electron chi connectivity index (χ3n) is 6.12. The predicted octanol–water partition coefficient (Wildman–Crippen LogP) is 2.41. The van der Waals surface area contributed by atoms with E-state index in [1.165, 1.54) is 29.6 Å². The number of anilines is 1. The molecule has 0 fully saturated rings. The Kier molecular flexibility index (Phi) is 6.29. The number of benzene rings is 2. The Morgan fingerprint density at radius 2 is 1.53 bits per heavy atom. The first-order valence-electron chi connectivity index (χ1n) is 11.5. The average Bonchev–Trinajstić information content (AvgIpc) is 3.55. The molecule has 0 aliphatic carbocycles. The van der Waals surface area contributed by atoms with E-state index < -0.39 is 17.2 Å². The van der Waals surface area contributed by atoms with E-state index in [0.717, 1.165) is 15.7 Å². The first-order valence-corrected chi connectivity index (χ1v) is 11.5. The number of aromatic nitrogens is 5. The van der Waals surface area contributed by atoms with Crippen LogP contribution in [0.2, 0.25) is 0 Å². The molecule has 0 saturated heterocycles. The fourth-order valence-electron chi connectivity index (χ4n) is 4.09. The van der Waals surface area contributed by atoms with Gasteiger partial charge in [-0.1, -0.05) is 0 Å². The molecule has 0 aliphatic rings. The highest BCUT2D eigenvalue weighted by atomic mass is 16.5. The number of hydrogen-bond acceptors (Lipinski definition) is 8. The lowest BCUT2D eigenvalue weighted by Gasteiger charge is -2.06. The van der Waals surface area contributed by atoms with Crippen molar-refractivity contribution in [2.75, 3.05) is 19.5 Å². The number of carbonyl (C=O) groups is 1. The van der Waals surface area contributed by atoms with Gasteiger partial charge in [0.15, 0.2) is 16.9 Å². The largest absolute Gasteiger partial charge is 0.497 e. The molecule has 0 saturated carbocycles. The molecule has 194 valence electrons. The maximum Gasteiger partial charge on any atom is 0.332 e. The van der Waals surface area contributed by atoms with Gasteiger partial charge in [-0.3, -0.25) is 24.0 Å². The third-order valence-corrected chi connectivity index (χ3v) is 6.12. The van der Waals surface area contributed by atoms with E-state index in [1.807, 2.05) is 24.3 Å². The summed E-state index contributed by atoms with van der Waals surface area (Å²) in [6.07, 6.45) is 1.34. The Hall–Kier alpha value is -5.13. The van der Waals surface area contributed by atoms with Crippen LogP contribution in [-0.4, -0.2) is 43.8 Å². The van der Waals surface area contributed by atoms with E-state index in [9.17, 15) is 14.4 Å². The molecule has 0 unspecified atom stereocenters. The third kappa shape index (κ3) is 4.32. The van der Waals surface area contributed by atoms with Crippen LogP contribution in [0.3, 0.4) is 0 Å². The van der Waals surface area contributed by atoms with E-state index in [1.54, 1.807) is 38.5 Å². The van der Waals surface area contributed by atoms with Crippen molar-refractivity contribution in [2.24, 2.45) is 14.1 Å². The fourth-order valence-corrected chi connectivity index (χ4v) is 4.09. The minimum Gasteiger partial charge on any atom is -0.497 e. The van der Waals surface area contributed by atoms with Crippen LogP contribution in [0, 0.1) is 0 Å². The van der Waals surface area contributed by atoms with Crippen molar-refractivity contribution in [1.82, 2.24) is 23.7 Å². The second-order valence-corrected chi connectivity index (χ2v) is 8.45. The summed E-state index contributed by atoms with van der Waals surface area (Å²) in [6, 6.07) is 14.5. The molecule has 5 rings (SSSR count). The second kappa shape index (κ2) is 9.73. The molecule has 0 radical (unpaired) electrons. The average molecular weight is 517 g/mol. The van der Waals surface area contributed by atoms with Gasteiger partial charge in [-0.15, -0.1) is 0 Å². The summed E-state index contributed by atoms with van der Waals surface area (Å²) in [4.78, 5) is 46.5. The highest BCUT2D eigenvalue weighted by molar-refractivity contribution is 5.90. The molecule has 1 amide bonds.